The normalized spacial score (nSPS) is 20.5. The van der Waals surface area contributed by atoms with Crippen LogP contribution in [0.2, 0.25) is 0 Å². The molecule has 0 fully saturated rings. The molecule has 2 atom stereocenters. The summed E-state index contributed by atoms with van der Waals surface area (Å²) in [6.45, 7) is 0. The number of hydrogen-bond acceptors (Lipinski definition) is 3. The fourth-order valence-electron chi connectivity index (χ4n) is 2.67. The Morgan fingerprint density at radius 2 is 1.74 bits per heavy atom. The van der Waals surface area contributed by atoms with E-state index in [2.05, 4.69) is 0 Å². The topological polar surface area (TPSA) is 52.4 Å². The molecule has 0 N–H and O–H groups in total. The van der Waals surface area contributed by atoms with Gasteiger partial charge in [-0.15, -0.1) is 0 Å². The van der Waals surface area contributed by atoms with Gasteiger partial charge >= 0.3 is 6.18 Å². The van der Waals surface area contributed by atoms with Gasteiger partial charge in [0.25, 0.3) is 6.04 Å². The van der Waals surface area contributed by atoms with Gasteiger partial charge in [0, 0.05) is 16.9 Å². The number of nitrogens with zero attached hydrogens (tertiary/aromatic N) is 1. The summed E-state index contributed by atoms with van der Waals surface area (Å²) in [5, 5.41) is 11.3. The highest BCUT2D eigenvalue weighted by molar-refractivity contribution is 5.38. The first-order valence-corrected chi connectivity index (χ1v) is 6.91. The number of benzene rings is 2. The summed E-state index contributed by atoms with van der Waals surface area (Å²) in [7, 11) is 0. The van der Waals surface area contributed by atoms with Crippen molar-refractivity contribution < 1.29 is 22.8 Å². The van der Waals surface area contributed by atoms with Crippen molar-refractivity contribution in [3.63, 3.8) is 0 Å². The Morgan fingerprint density at radius 1 is 1.09 bits per heavy atom. The lowest BCUT2D eigenvalue weighted by molar-refractivity contribution is -0.535. The maximum Gasteiger partial charge on any atom is 0.416 e. The number of hydrogen-bond donors (Lipinski definition) is 0. The van der Waals surface area contributed by atoms with E-state index in [1.54, 1.807) is 24.3 Å². The SMILES string of the molecule is O=[N+]([O-])[C@H]1Cc2ccccc2O[C@H]1c1ccc(C(F)(F)F)cc1. The van der Waals surface area contributed by atoms with Crippen LogP contribution in [-0.2, 0) is 12.6 Å². The summed E-state index contributed by atoms with van der Waals surface area (Å²) in [5.74, 6) is 0.524. The number of alkyl halides is 3. The lowest BCUT2D eigenvalue weighted by atomic mass is 9.92. The van der Waals surface area contributed by atoms with Crippen molar-refractivity contribution in [1.82, 2.24) is 0 Å². The van der Waals surface area contributed by atoms with Gasteiger partial charge in [-0.05, 0) is 23.8 Å². The van der Waals surface area contributed by atoms with Crippen LogP contribution < -0.4 is 4.74 Å². The Balaban J connectivity index is 1.95. The molecule has 3 rings (SSSR count). The number of ether oxygens (including phenoxy) is 1. The van der Waals surface area contributed by atoms with Crippen molar-refractivity contribution in [2.45, 2.75) is 24.7 Å². The van der Waals surface area contributed by atoms with Gasteiger partial charge in [0.2, 0.25) is 0 Å². The van der Waals surface area contributed by atoms with Crippen molar-refractivity contribution in [2.75, 3.05) is 0 Å². The molecule has 0 spiro atoms. The van der Waals surface area contributed by atoms with Crippen LogP contribution in [0.4, 0.5) is 13.2 Å². The molecule has 7 heteroatoms. The molecule has 4 nitrogen and oxygen atoms in total. The summed E-state index contributed by atoms with van der Waals surface area (Å²) in [4.78, 5) is 10.9. The molecule has 0 unspecified atom stereocenters. The van der Waals surface area contributed by atoms with E-state index in [0.717, 1.165) is 17.7 Å². The molecule has 0 saturated heterocycles. The average molecular weight is 323 g/mol. The predicted molar refractivity (Wildman–Crippen MR) is 75.7 cm³/mol. The zero-order chi connectivity index (χ0) is 16.6. The van der Waals surface area contributed by atoms with Crippen molar-refractivity contribution in [1.29, 1.82) is 0 Å². The van der Waals surface area contributed by atoms with E-state index in [4.69, 9.17) is 4.74 Å². The molecule has 0 aliphatic carbocycles. The van der Waals surface area contributed by atoms with Crippen LogP contribution in [0, 0.1) is 10.1 Å². The maximum atomic E-state index is 12.6. The van der Waals surface area contributed by atoms with Crippen LogP contribution in [0.3, 0.4) is 0 Å². The first kappa shape index (κ1) is 15.3. The molecular formula is C16H12F3NO3. The molecule has 0 saturated carbocycles. The number of para-hydroxylation sites is 1. The minimum absolute atomic E-state index is 0.175. The van der Waals surface area contributed by atoms with Crippen LogP contribution in [-0.4, -0.2) is 11.0 Å². The van der Waals surface area contributed by atoms with Crippen molar-refractivity contribution in [3.8, 4) is 5.75 Å². The molecule has 0 bridgehead atoms. The zero-order valence-electron chi connectivity index (χ0n) is 11.8. The summed E-state index contributed by atoms with van der Waals surface area (Å²) >= 11 is 0. The van der Waals surface area contributed by atoms with E-state index < -0.39 is 28.8 Å². The lowest BCUT2D eigenvalue weighted by Gasteiger charge is -2.29. The Kier molecular flexibility index (Phi) is 3.71. The number of fused-ring (bicyclic) bond motifs is 1. The van der Waals surface area contributed by atoms with Gasteiger partial charge in [0.05, 0.1) is 5.56 Å². The van der Waals surface area contributed by atoms with Gasteiger partial charge in [-0.1, -0.05) is 30.3 Å². The molecule has 120 valence electrons. The maximum absolute atomic E-state index is 12.6. The van der Waals surface area contributed by atoms with Crippen LogP contribution in [0.1, 0.15) is 22.8 Å². The highest BCUT2D eigenvalue weighted by Gasteiger charge is 2.40. The summed E-state index contributed by atoms with van der Waals surface area (Å²) in [5.41, 5.74) is 0.279. The highest BCUT2D eigenvalue weighted by Crippen LogP contribution is 2.37. The second-order valence-electron chi connectivity index (χ2n) is 5.32. The number of halogens is 3. The van der Waals surface area contributed by atoms with Crippen LogP contribution >= 0.6 is 0 Å². The smallest absolute Gasteiger partial charge is 0.416 e. The third-order valence-corrected chi connectivity index (χ3v) is 3.84. The third kappa shape index (κ3) is 2.99. The van der Waals surface area contributed by atoms with E-state index in [1.807, 2.05) is 0 Å². The molecule has 2 aromatic rings. The van der Waals surface area contributed by atoms with Crippen LogP contribution in [0.25, 0.3) is 0 Å². The standard InChI is InChI=1S/C16H12F3NO3/c17-16(18,19)12-7-5-10(6-8-12)15-13(20(21)22)9-11-3-1-2-4-14(11)23-15/h1-8,13,15H,9H2/t13-,15-/m0/s1. The Labute approximate surface area is 129 Å². The van der Waals surface area contributed by atoms with Crippen LogP contribution in [0.5, 0.6) is 5.75 Å². The molecule has 0 aromatic heterocycles. The lowest BCUT2D eigenvalue weighted by Crippen LogP contribution is -2.36. The van der Waals surface area contributed by atoms with Gasteiger partial charge in [-0.25, -0.2) is 0 Å². The number of nitro groups is 1. The summed E-state index contributed by atoms with van der Waals surface area (Å²) in [6.07, 6.45) is -5.18. The molecular weight excluding hydrogens is 311 g/mol. The minimum atomic E-state index is -4.44. The van der Waals surface area contributed by atoms with Gasteiger partial charge in [-0.2, -0.15) is 13.2 Å². The Bertz CT molecular complexity index is 728. The quantitative estimate of drug-likeness (QED) is 0.619. The molecule has 2 aromatic carbocycles. The van der Waals surface area contributed by atoms with Crippen LogP contribution in [0.15, 0.2) is 48.5 Å². The van der Waals surface area contributed by atoms with Gasteiger partial charge in [0.15, 0.2) is 6.10 Å². The molecule has 1 aliphatic heterocycles. The molecule has 0 amide bonds. The van der Waals surface area contributed by atoms with Gasteiger partial charge < -0.3 is 4.74 Å². The van der Waals surface area contributed by atoms with E-state index >= 15 is 0 Å². The van der Waals surface area contributed by atoms with Crippen molar-refractivity contribution >= 4 is 0 Å². The molecule has 1 heterocycles. The van der Waals surface area contributed by atoms with E-state index in [0.29, 0.717) is 11.3 Å². The number of rotatable bonds is 2. The van der Waals surface area contributed by atoms with Gasteiger partial charge in [-0.3, -0.25) is 10.1 Å². The average Bonchev–Trinajstić information content (AvgIpc) is 2.53. The summed E-state index contributed by atoms with van der Waals surface area (Å²) < 4.78 is 43.6. The van der Waals surface area contributed by atoms with Crippen molar-refractivity contribution in [3.05, 3.63) is 75.3 Å². The molecule has 1 aliphatic rings. The highest BCUT2D eigenvalue weighted by atomic mass is 19.4. The first-order valence-electron chi connectivity index (χ1n) is 6.91. The Morgan fingerprint density at radius 3 is 2.35 bits per heavy atom. The zero-order valence-corrected chi connectivity index (χ0v) is 11.8. The minimum Gasteiger partial charge on any atom is -0.478 e. The predicted octanol–water partition coefficient (Wildman–Crippen LogP) is 4.03. The van der Waals surface area contributed by atoms with Crippen molar-refractivity contribution in [2.24, 2.45) is 0 Å². The molecule has 23 heavy (non-hydrogen) atoms. The third-order valence-electron chi connectivity index (χ3n) is 3.84. The molecule has 0 radical (unpaired) electrons. The summed E-state index contributed by atoms with van der Waals surface area (Å²) in [6, 6.07) is 10.2. The van der Waals surface area contributed by atoms with E-state index in [-0.39, 0.29) is 6.42 Å². The largest absolute Gasteiger partial charge is 0.478 e. The monoisotopic (exact) mass is 323 g/mol. The Hall–Kier alpha value is -2.57. The van der Waals surface area contributed by atoms with Gasteiger partial charge in [0.1, 0.15) is 5.75 Å². The first-order chi connectivity index (χ1) is 10.9. The van der Waals surface area contributed by atoms with E-state index in [1.165, 1.54) is 12.1 Å². The van der Waals surface area contributed by atoms with E-state index in [9.17, 15) is 23.3 Å². The second kappa shape index (κ2) is 5.57. The second-order valence-corrected chi connectivity index (χ2v) is 5.32. The fourth-order valence-corrected chi connectivity index (χ4v) is 2.67. The fraction of sp³-hybridized carbons (Fsp3) is 0.250.